The van der Waals surface area contributed by atoms with Crippen LogP contribution in [-0.4, -0.2) is 11.6 Å². The van der Waals surface area contributed by atoms with E-state index in [4.69, 9.17) is 4.74 Å². The van der Waals surface area contributed by atoms with Crippen LogP contribution < -0.4 is 10.1 Å². The summed E-state index contributed by atoms with van der Waals surface area (Å²) in [5, 5.41) is 4.53. The first-order valence-corrected chi connectivity index (χ1v) is 6.54. The molecule has 0 unspecified atom stereocenters. The van der Waals surface area contributed by atoms with Crippen LogP contribution in [0.2, 0.25) is 0 Å². The van der Waals surface area contributed by atoms with Gasteiger partial charge in [-0.05, 0) is 30.7 Å². The number of fused-ring (bicyclic) bond motifs is 1. The number of ether oxygens (including phenoxy) is 1. The first kappa shape index (κ1) is 10.6. The van der Waals surface area contributed by atoms with E-state index in [1.165, 1.54) is 10.4 Å². The second-order valence-electron chi connectivity index (χ2n) is 4.12. The maximum atomic E-state index is 5.48. The minimum atomic E-state index is 0.812. The van der Waals surface area contributed by atoms with E-state index < -0.39 is 0 Å². The summed E-state index contributed by atoms with van der Waals surface area (Å²) >= 11 is 1.73. The monoisotopic (exact) mass is 246 g/mol. The number of anilines is 1. The highest BCUT2D eigenvalue weighted by molar-refractivity contribution is 7.11. The quantitative estimate of drug-likeness (QED) is 0.904. The summed E-state index contributed by atoms with van der Waals surface area (Å²) < 4.78 is 5.48. The lowest BCUT2D eigenvalue weighted by Crippen LogP contribution is -1.97. The molecular formula is C13H14N2OS. The predicted molar refractivity (Wildman–Crippen MR) is 69.8 cm³/mol. The molecule has 2 heterocycles. The van der Waals surface area contributed by atoms with E-state index in [1.54, 1.807) is 11.3 Å². The van der Waals surface area contributed by atoms with Gasteiger partial charge in [0.15, 0.2) is 0 Å². The summed E-state index contributed by atoms with van der Waals surface area (Å²) in [6.07, 6.45) is 2.95. The van der Waals surface area contributed by atoms with Gasteiger partial charge in [0, 0.05) is 23.2 Å². The Morgan fingerprint density at radius 2 is 2.41 bits per heavy atom. The number of aryl methyl sites for hydroxylation is 1. The highest BCUT2D eigenvalue weighted by Gasteiger charge is 2.11. The molecule has 0 amide bonds. The third-order valence-corrected chi connectivity index (χ3v) is 3.74. The highest BCUT2D eigenvalue weighted by atomic mass is 32.1. The number of hydrogen-bond acceptors (Lipinski definition) is 4. The van der Waals surface area contributed by atoms with E-state index in [2.05, 4.69) is 22.4 Å². The molecule has 17 heavy (non-hydrogen) atoms. The number of nitrogens with one attached hydrogen (secondary N) is 1. The third kappa shape index (κ3) is 2.26. The molecule has 0 aliphatic carbocycles. The average molecular weight is 246 g/mol. The average Bonchev–Trinajstić information content (AvgIpc) is 2.94. The molecule has 2 aromatic rings. The van der Waals surface area contributed by atoms with E-state index >= 15 is 0 Å². The van der Waals surface area contributed by atoms with Gasteiger partial charge in [-0.25, -0.2) is 4.98 Å². The predicted octanol–water partition coefficient (Wildman–Crippen LogP) is 3.00. The molecule has 0 atom stereocenters. The van der Waals surface area contributed by atoms with Crippen LogP contribution in [0, 0.1) is 6.92 Å². The normalized spacial score (nSPS) is 13.2. The Hall–Kier alpha value is -1.55. The van der Waals surface area contributed by atoms with Crippen molar-refractivity contribution in [2.24, 2.45) is 0 Å². The minimum Gasteiger partial charge on any atom is -0.493 e. The molecule has 0 saturated heterocycles. The van der Waals surface area contributed by atoms with Crippen LogP contribution in [-0.2, 0) is 13.0 Å². The fourth-order valence-electron chi connectivity index (χ4n) is 1.97. The van der Waals surface area contributed by atoms with Gasteiger partial charge in [-0.15, -0.1) is 11.3 Å². The molecule has 0 spiro atoms. The van der Waals surface area contributed by atoms with Crippen molar-refractivity contribution in [2.45, 2.75) is 19.9 Å². The van der Waals surface area contributed by atoms with Gasteiger partial charge in [-0.3, -0.25) is 0 Å². The third-order valence-electron chi connectivity index (χ3n) is 2.83. The van der Waals surface area contributed by atoms with E-state index in [-0.39, 0.29) is 0 Å². The molecule has 88 valence electrons. The summed E-state index contributed by atoms with van der Waals surface area (Å²) in [5.74, 6) is 1.03. The minimum absolute atomic E-state index is 0.812. The van der Waals surface area contributed by atoms with Gasteiger partial charge in [0.05, 0.1) is 18.2 Å². The van der Waals surface area contributed by atoms with Crippen molar-refractivity contribution in [3.8, 4) is 5.75 Å². The van der Waals surface area contributed by atoms with Crippen molar-refractivity contribution >= 4 is 17.0 Å². The van der Waals surface area contributed by atoms with E-state index in [9.17, 15) is 0 Å². The summed E-state index contributed by atoms with van der Waals surface area (Å²) in [6, 6.07) is 6.29. The lowest BCUT2D eigenvalue weighted by molar-refractivity contribution is 0.357. The molecule has 3 nitrogen and oxygen atoms in total. The summed E-state index contributed by atoms with van der Waals surface area (Å²) in [4.78, 5) is 5.51. The molecule has 0 radical (unpaired) electrons. The fraction of sp³-hybridized carbons (Fsp3) is 0.308. The maximum absolute atomic E-state index is 5.48. The molecule has 1 aromatic heterocycles. The van der Waals surface area contributed by atoms with Crippen LogP contribution >= 0.6 is 11.3 Å². The van der Waals surface area contributed by atoms with Crippen molar-refractivity contribution in [3.05, 3.63) is 39.8 Å². The zero-order valence-corrected chi connectivity index (χ0v) is 10.5. The topological polar surface area (TPSA) is 34.2 Å². The van der Waals surface area contributed by atoms with Gasteiger partial charge in [-0.2, -0.15) is 0 Å². The van der Waals surface area contributed by atoms with Crippen LogP contribution in [0.5, 0.6) is 5.75 Å². The molecule has 1 N–H and O–H groups in total. The van der Waals surface area contributed by atoms with Crippen LogP contribution in [0.4, 0.5) is 5.69 Å². The molecule has 0 bridgehead atoms. The number of hydrogen-bond donors (Lipinski definition) is 1. The number of nitrogens with zero attached hydrogens (tertiary/aromatic N) is 1. The van der Waals surface area contributed by atoms with Crippen molar-refractivity contribution in [3.63, 3.8) is 0 Å². The summed E-state index contributed by atoms with van der Waals surface area (Å²) in [7, 11) is 0. The summed E-state index contributed by atoms with van der Waals surface area (Å²) in [6.45, 7) is 3.68. The van der Waals surface area contributed by atoms with Crippen LogP contribution in [0.1, 0.15) is 15.4 Å². The Kier molecular flexibility index (Phi) is 2.73. The fourth-order valence-corrected chi connectivity index (χ4v) is 2.71. The van der Waals surface area contributed by atoms with E-state index in [1.807, 2.05) is 19.2 Å². The Morgan fingerprint density at radius 3 is 3.24 bits per heavy atom. The Bertz CT molecular complexity index is 536. The molecule has 0 saturated carbocycles. The summed E-state index contributed by atoms with van der Waals surface area (Å²) in [5.41, 5.74) is 2.45. The van der Waals surface area contributed by atoms with Gasteiger partial charge >= 0.3 is 0 Å². The number of benzene rings is 1. The van der Waals surface area contributed by atoms with Crippen molar-refractivity contribution in [2.75, 3.05) is 11.9 Å². The standard InChI is InChI=1S/C13H14N2OS/c1-9-14-7-12(17-9)8-15-11-2-3-13-10(6-11)4-5-16-13/h2-3,6-7,15H,4-5,8H2,1H3. The van der Waals surface area contributed by atoms with Crippen LogP contribution in [0.3, 0.4) is 0 Å². The molecule has 1 aromatic carbocycles. The van der Waals surface area contributed by atoms with Gasteiger partial charge in [0.2, 0.25) is 0 Å². The first-order valence-electron chi connectivity index (χ1n) is 5.72. The van der Waals surface area contributed by atoms with Gasteiger partial charge in [0.1, 0.15) is 5.75 Å². The molecule has 0 fully saturated rings. The lowest BCUT2D eigenvalue weighted by atomic mass is 10.1. The Labute approximate surface area is 104 Å². The number of aromatic nitrogens is 1. The van der Waals surface area contributed by atoms with Crippen molar-refractivity contribution in [1.29, 1.82) is 0 Å². The molecule has 1 aliphatic rings. The highest BCUT2D eigenvalue weighted by Crippen LogP contribution is 2.28. The number of rotatable bonds is 3. The second kappa shape index (κ2) is 4.37. The SMILES string of the molecule is Cc1ncc(CNc2ccc3c(c2)CCO3)s1. The van der Waals surface area contributed by atoms with Gasteiger partial charge in [-0.1, -0.05) is 0 Å². The molecular weight excluding hydrogens is 232 g/mol. The number of thiazole rings is 1. The zero-order valence-electron chi connectivity index (χ0n) is 9.69. The van der Waals surface area contributed by atoms with Crippen molar-refractivity contribution < 1.29 is 4.74 Å². The van der Waals surface area contributed by atoms with Crippen molar-refractivity contribution in [1.82, 2.24) is 4.98 Å². The van der Waals surface area contributed by atoms with E-state index in [0.717, 1.165) is 36.0 Å². The largest absolute Gasteiger partial charge is 0.493 e. The van der Waals surface area contributed by atoms with E-state index in [0.29, 0.717) is 0 Å². The smallest absolute Gasteiger partial charge is 0.122 e. The maximum Gasteiger partial charge on any atom is 0.122 e. The zero-order chi connectivity index (χ0) is 11.7. The molecule has 3 rings (SSSR count). The van der Waals surface area contributed by atoms with Gasteiger partial charge < -0.3 is 10.1 Å². The molecule has 4 heteroatoms. The Morgan fingerprint density at radius 1 is 1.47 bits per heavy atom. The van der Waals surface area contributed by atoms with Gasteiger partial charge in [0.25, 0.3) is 0 Å². The van der Waals surface area contributed by atoms with Crippen LogP contribution in [0.25, 0.3) is 0 Å². The lowest BCUT2D eigenvalue weighted by Gasteiger charge is -2.06. The van der Waals surface area contributed by atoms with Crippen LogP contribution in [0.15, 0.2) is 24.4 Å². The first-order chi connectivity index (χ1) is 8.31. The second-order valence-corrected chi connectivity index (χ2v) is 5.44. The molecule has 1 aliphatic heterocycles. The Balaban J connectivity index is 1.69.